The molecule has 0 bridgehead atoms. The van der Waals surface area contributed by atoms with Crippen LogP contribution in [0.1, 0.15) is 5.56 Å². The molecular weight excluding hydrogens is 341 g/mol. The minimum Gasteiger partial charge on any atom is -0.508 e. The summed E-state index contributed by atoms with van der Waals surface area (Å²) in [4.78, 5) is 0. The molecule has 0 aliphatic rings. The molecule has 0 atom stereocenters. The Morgan fingerprint density at radius 2 is 1.76 bits per heavy atom. The van der Waals surface area contributed by atoms with Crippen molar-refractivity contribution in [2.75, 3.05) is 7.11 Å². The van der Waals surface area contributed by atoms with Crippen molar-refractivity contribution in [3.63, 3.8) is 0 Å². The molecule has 0 unspecified atom stereocenters. The molecule has 1 N–H and O–H groups in total. The number of rotatable bonds is 3. The lowest BCUT2D eigenvalue weighted by atomic mass is 9.90. The monoisotopic (exact) mass is 353 g/mol. The van der Waals surface area contributed by atoms with Crippen LogP contribution in [0.15, 0.2) is 54.6 Å². The van der Waals surface area contributed by atoms with Crippen LogP contribution >= 0.6 is 11.6 Å². The molecule has 3 aromatic rings. The third-order valence-corrected chi connectivity index (χ3v) is 4.05. The molecule has 0 aromatic heterocycles. The van der Waals surface area contributed by atoms with Gasteiger partial charge in [-0.2, -0.15) is 5.26 Å². The molecule has 3 rings (SSSR count). The Morgan fingerprint density at radius 3 is 2.40 bits per heavy atom. The smallest absolute Gasteiger partial charge is 0.126 e. The number of ether oxygens (including phenoxy) is 1. The van der Waals surface area contributed by atoms with Crippen molar-refractivity contribution >= 4 is 11.6 Å². The Labute approximate surface area is 149 Å². The van der Waals surface area contributed by atoms with E-state index in [2.05, 4.69) is 6.07 Å². The van der Waals surface area contributed by atoms with E-state index in [0.717, 1.165) is 5.56 Å². The average molecular weight is 354 g/mol. The third kappa shape index (κ3) is 3.28. The summed E-state index contributed by atoms with van der Waals surface area (Å²) in [6.45, 7) is 0. The third-order valence-electron chi connectivity index (χ3n) is 3.83. The number of benzene rings is 3. The molecule has 124 valence electrons. The second-order valence-corrected chi connectivity index (χ2v) is 5.82. The highest BCUT2D eigenvalue weighted by atomic mass is 35.5. The number of hydrogen-bond donors (Lipinski definition) is 1. The number of phenolic OH excluding ortho intramolecular Hbond substituents is 1. The Morgan fingerprint density at radius 1 is 1.04 bits per heavy atom. The van der Waals surface area contributed by atoms with Crippen molar-refractivity contribution in [2.45, 2.75) is 0 Å². The maximum Gasteiger partial charge on any atom is 0.126 e. The highest BCUT2D eigenvalue weighted by molar-refractivity contribution is 6.31. The topological polar surface area (TPSA) is 53.2 Å². The van der Waals surface area contributed by atoms with Crippen LogP contribution in [-0.4, -0.2) is 12.2 Å². The summed E-state index contributed by atoms with van der Waals surface area (Å²) in [5, 5.41) is 19.5. The molecule has 0 aliphatic carbocycles. The number of phenols is 1. The largest absolute Gasteiger partial charge is 0.508 e. The van der Waals surface area contributed by atoms with Crippen molar-refractivity contribution in [3.05, 3.63) is 71.0 Å². The fourth-order valence-corrected chi connectivity index (χ4v) is 2.95. The summed E-state index contributed by atoms with van der Waals surface area (Å²) in [6.07, 6.45) is 0. The number of nitriles is 1. The fraction of sp³-hybridized carbons (Fsp3) is 0.0500. The van der Waals surface area contributed by atoms with E-state index in [1.807, 2.05) is 0 Å². The van der Waals surface area contributed by atoms with Crippen LogP contribution < -0.4 is 4.74 Å². The van der Waals surface area contributed by atoms with Gasteiger partial charge < -0.3 is 9.84 Å². The Kier molecular flexibility index (Phi) is 4.60. The zero-order valence-corrected chi connectivity index (χ0v) is 14.0. The molecule has 3 nitrogen and oxygen atoms in total. The van der Waals surface area contributed by atoms with Crippen LogP contribution in [-0.2, 0) is 0 Å². The maximum atomic E-state index is 13.9. The van der Waals surface area contributed by atoms with E-state index < -0.39 is 5.82 Å². The van der Waals surface area contributed by atoms with Gasteiger partial charge in [0.15, 0.2) is 0 Å². The molecule has 5 heteroatoms. The summed E-state index contributed by atoms with van der Waals surface area (Å²) in [7, 11) is 1.49. The van der Waals surface area contributed by atoms with E-state index >= 15 is 0 Å². The van der Waals surface area contributed by atoms with E-state index in [0.29, 0.717) is 33.0 Å². The van der Waals surface area contributed by atoms with Crippen LogP contribution in [0, 0.1) is 17.1 Å². The normalized spacial score (nSPS) is 10.3. The molecule has 0 saturated carbocycles. The number of nitrogens with zero attached hydrogens (tertiary/aromatic N) is 1. The zero-order chi connectivity index (χ0) is 18.0. The number of hydrogen-bond acceptors (Lipinski definition) is 3. The van der Waals surface area contributed by atoms with Gasteiger partial charge in [0.05, 0.1) is 18.7 Å². The van der Waals surface area contributed by atoms with Crippen molar-refractivity contribution in [1.82, 2.24) is 0 Å². The van der Waals surface area contributed by atoms with Crippen LogP contribution in [0.2, 0.25) is 5.02 Å². The first-order valence-electron chi connectivity index (χ1n) is 7.40. The van der Waals surface area contributed by atoms with E-state index in [-0.39, 0.29) is 5.75 Å². The fourth-order valence-electron chi connectivity index (χ4n) is 2.73. The van der Waals surface area contributed by atoms with Crippen molar-refractivity contribution in [2.24, 2.45) is 0 Å². The van der Waals surface area contributed by atoms with Gasteiger partial charge in [0, 0.05) is 16.1 Å². The number of methoxy groups -OCH3 is 1. The Balaban J connectivity index is 2.38. The molecule has 0 heterocycles. The van der Waals surface area contributed by atoms with Crippen LogP contribution in [0.25, 0.3) is 22.3 Å². The van der Waals surface area contributed by atoms with Gasteiger partial charge in [0.1, 0.15) is 17.3 Å². The highest BCUT2D eigenvalue weighted by Crippen LogP contribution is 2.41. The van der Waals surface area contributed by atoms with Gasteiger partial charge in [-0.1, -0.05) is 23.7 Å². The lowest BCUT2D eigenvalue weighted by molar-refractivity contribution is 0.415. The second-order valence-electron chi connectivity index (χ2n) is 5.38. The molecule has 0 amide bonds. The van der Waals surface area contributed by atoms with E-state index in [1.165, 1.54) is 43.5 Å². The van der Waals surface area contributed by atoms with Crippen LogP contribution in [0.4, 0.5) is 4.39 Å². The first-order chi connectivity index (χ1) is 12.0. The first kappa shape index (κ1) is 16.8. The number of halogens is 2. The summed E-state index contributed by atoms with van der Waals surface area (Å²) in [5.41, 5.74) is 2.67. The van der Waals surface area contributed by atoms with Gasteiger partial charge in [-0.25, -0.2) is 4.39 Å². The molecular formula is C20H13ClFNO2. The van der Waals surface area contributed by atoms with E-state index in [9.17, 15) is 14.8 Å². The van der Waals surface area contributed by atoms with E-state index in [4.69, 9.17) is 16.3 Å². The van der Waals surface area contributed by atoms with Gasteiger partial charge in [-0.3, -0.25) is 0 Å². The second kappa shape index (κ2) is 6.84. The quantitative estimate of drug-likeness (QED) is 0.686. The number of aromatic hydroxyl groups is 1. The average Bonchev–Trinajstić information content (AvgIpc) is 2.61. The molecule has 0 radical (unpaired) electrons. The predicted octanol–water partition coefficient (Wildman–Crippen LogP) is 5.40. The lowest BCUT2D eigenvalue weighted by Gasteiger charge is -2.16. The van der Waals surface area contributed by atoms with Gasteiger partial charge in [0.25, 0.3) is 0 Å². The summed E-state index contributed by atoms with van der Waals surface area (Å²) in [6, 6.07) is 16.0. The highest BCUT2D eigenvalue weighted by Gasteiger charge is 2.18. The lowest BCUT2D eigenvalue weighted by Crippen LogP contribution is -1.95. The molecule has 0 aliphatic heterocycles. The molecule has 0 spiro atoms. The standard InChI is InChI=1S/C20H13ClFNO2/c1-25-19-7-4-15(22)10-18(19)20-13(11-23)8-14(21)9-17(20)12-2-5-16(24)6-3-12/h2-10,24H,1H3. The molecule has 0 saturated heterocycles. The van der Waals surface area contributed by atoms with Gasteiger partial charge in [0.2, 0.25) is 0 Å². The minimum atomic E-state index is -0.439. The summed E-state index contributed by atoms with van der Waals surface area (Å²) in [5.74, 6) is 0.128. The SMILES string of the molecule is COc1ccc(F)cc1-c1c(C#N)cc(Cl)cc1-c1ccc(O)cc1. The predicted molar refractivity (Wildman–Crippen MR) is 95.2 cm³/mol. The Hall–Kier alpha value is -3.03. The molecule has 0 fully saturated rings. The summed E-state index contributed by atoms with van der Waals surface area (Å²) < 4.78 is 19.2. The molecule has 3 aromatic carbocycles. The van der Waals surface area contributed by atoms with Gasteiger partial charge in [-0.05, 0) is 53.6 Å². The van der Waals surface area contributed by atoms with E-state index in [1.54, 1.807) is 18.2 Å². The summed E-state index contributed by atoms with van der Waals surface area (Å²) >= 11 is 6.17. The maximum absolute atomic E-state index is 13.9. The first-order valence-corrected chi connectivity index (χ1v) is 7.78. The van der Waals surface area contributed by atoms with Crippen molar-refractivity contribution < 1.29 is 14.2 Å². The zero-order valence-electron chi connectivity index (χ0n) is 13.3. The molecule has 25 heavy (non-hydrogen) atoms. The van der Waals surface area contributed by atoms with Gasteiger partial charge in [-0.15, -0.1) is 0 Å². The minimum absolute atomic E-state index is 0.121. The van der Waals surface area contributed by atoms with Crippen molar-refractivity contribution in [3.8, 4) is 39.8 Å². The van der Waals surface area contributed by atoms with Gasteiger partial charge >= 0.3 is 0 Å². The van der Waals surface area contributed by atoms with Crippen LogP contribution in [0.3, 0.4) is 0 Å². The van der Waals surface area contributed by atoms with Crippen LogP contribution in [0.5, 0.6) is 11.5 Å². The van der Waals surface area contributed by atoms with Crippen molar-refractivity contribution in [1.29, 1.82) is 5.26 Å². The Bertz CT molecular complexity index is 978.